The quantitative estimate of drug-likeness (QED) is 0.616. The molecule has 0 fully saturated rings. The fourth-order valence-corrected chi connectivity index (χ4v) is 3.27. The van der Waals surface area contributed by atoms with Crippen LogP contribution in [-0.4, -0.2) is 0 Å². The van der Waals surface area contributed by atoms with E-state index in [1.165, 1.54) is 16.7 Å². The summed E-state index contributed by atoms with van der Waals surface area (Å²) in [5.74, 6) is 0.950. The Balaban J connectivity index is 2.18. The third-order valence-corrected chi connectivity index (χ3v) is 4.44. The fourth-order valence-electron chi connectivity index (χ4n) is 2.08. The lowest BCUT2D eigenvalue weighted by Crippen LogP contribution is -1.95. The van der Waals surface area contributed by atoms with Gasteiger partial charge >= 0.3 is 0 Å². The minimum Gasteiger partial charge on any atom is -0.489 e. The van der Waals surface area contributed by atoms with E-state index in [-0.39, 0.29) is 4.83 Å². The average molecular weight is 354 g/mol. The van der Waals surface area contributed by atoms with Crippen molar-refractivity contribution in [1.29, 1.82) is 0 Å². The van der Waals surface area contributed by atoms with E-state index in [1.807, 2.05) is 18.2 Å². The maximum atomic E-state index is 5.85. The van der Waals surface area contributed by atoms with Crippen molar-refractivity contribution in [3.63, 3.8) is 0 Å². The Morgan fingerprint density at radius 3 is 2.76 bits per heavy atom. The highest BCUT2D eigenvalue weighted by Gasteiger charge is 2.22. The lowest BCUT2D eigenvalue weighted by Gasteiger charge is -2.12. The molecule has 0 N–H and O–H groups in total. The van der Waals surface area contributed by atoms with Gasteiger partial charge in [-0.1, -0.05) is 56.1 Å². The molecule has 0 amide bonds. The number of fused-ring (bicyclic) bond motifs is 2. The van der Waals surface area contributed by atoms with Gasteiger partial charge in [0, 0.05) is 10.0 Å². The second kappa shape index (κ2) is 4.46. The van der Waals surface area contributed by atoms with E-state index in [1.54, 1.807) is 0 Å². The number of hydrogen-bond donors (Lipinski definition) is 0. The molecule has 2 aromatic rings. The van der Waals surface area contributed by atoms with E-state index in [4.69, 9.17) is 4.74 Å². The topological polar surface area (TPSA) is 9.23 Å². The Hall–Kier alpha value is -0.800. The van der Waals surface area contributed by atoms with Crippen LogP contribution in [0.2, 0.25) is 0 Å². The minimum absolute atomic E-state index is 0.189. The standard InChI is InChI=1S/C14H10Br2O/c15-10-5-6-13-12(7-10)14(16)11-4-2-1-3-9(11)8-17-13/h1-7,14H,8H2. The number of hydrogen-bond acceptors (Lipinski definition) is 1. The van der Waals surface area contributed by atoms with Crippen LogP contribution in [0.5, 0.6) is 5.75 Å². The molecule has 1 aliphatic heterocycles. The monoisotopic (exact) mass is 352 g/mol. The molecule has 0 radical (unpaired) electrons. The molecular weight excluding hydrogens is 344 g/mol. The SMILES string of the molecule is Brc1ccc2c(c1)C(Br)c1ccccc1CO2. The van der Waals surface area contributed by atoms with E-state index >= 15 is 0 Å². The summed E-state index contributed by atoms with van der Waals surface area (Å²) < 4.78 is 6.92. The zero-order chi connectivity index (χ0) is 11.8. The van der Waals surface area contributed by atoms with Crippen molar-refractivity contribution in [2.45, 2.75) is 11.4 Å². The van der Waals surface area contributed by atoms with Gasteiger partial charge in [0.2, 0.25) is 0 Å². The highest BCUT2D eigenvalue weighted by molar-refractivity contribution is 9.10. The summed E-state index contributed by atoms with van der Waals surface area (Å²) in [5.41, 5.74) is 3.69. The third-order valence-electron chi connectivity index (χ3n) is 2.96. The predicted molar refractivity (Wildman–Crippen MR) is 75.7 cm³/mol. The van der Waals surface area contributed by atoms with Crippen LogP contribution in [-0.2, 0) is 6.61 Å². The Morgan fingerprint density at radius 2 is 1.88 bits per heavy atom. The van der Waals surface area contributed by atoms with Crippen LogP contribution in [0.1, 0.15) is 21.5 Å². The molecule has 1 nitrogen and oxygen atoms in total. The second-order valence-corrected chi connectivity index (χ2v) is 5.86. The smallest absolute Gasteiger partial charge is 0.124 e. The van der Waals surface area contributed by atoms with Crippen molar-refractivity contribution in [1.82, 2.24) is 0 Å². The van der Waals surface area contributed by atoms with Gasteiger partial charge in [-0.3, -0.25) is 0 Å². The van der Waals surface area contributed by atoms with Gasteiger partial charge in [-0.05, 0) is 29.3 Å². The van der Waals surface area contributed by atoms with E-state index in [0.29, 0.717) is 6.61 Å². The van der Waals surface area contributed by atoms with Crippen LogP contribution in [0.15, 0.2) is 46.9 Å². The Kier molecular flexibility index (Phi) is 2.97. The minimum atomic E-state index is 0.189. The van der Waals surface area contributed by atoms with Gasteiger partial charge in [-0.25, -0.2) is 0 Å². The molecule has 86 valence electrons. The van der Waals surface area contributed by atoms with Crippen LogP contribution in [0.3, 0.4) is 0 Å². The van der Waals surface area contributed by atoms with Crippen LogP contribution in [0.25, 0.3) is 0 Å². The van der Waals surface area contributed by atoms with E-state index in [9.17, 15) is 0 Å². The number of alkyl halides is 1. The first-order valence-electron chi connectivity index (χ1n) is 5.40. The predicted octanol–water partition coefficient (Wildman–Crippen LogP) is 4.83. The van der Waals surface area contributed by atoms with Crippen LogP contribution in [0, 0.1) is 0 Å². The largest absolute Gasteiger partial charge is 0.489 e. The Morgan fingerprint density at radius 1 is 1.06 bits per heavy atom. The molecule has 17 heavy (non-hydrogen) atoms. The first-order chi connectivity index (χ1) is 8.25. The molecule has 1 unspecified atom stereocenters. The Labute approximate surface area is 117 Å². The summed E-state index contributed by atoms with van der Waals surface area (Å²) in [6, 6.07) is 14.5. The van der Waals surface area contributed by atoms with Gasteiger partial charge in [-0.15, -0.1) is 0 Å². The molecule has 0 saturated carbocycles. The van der Waals surface area contributed by atoms with Crippen LogP contribution < -0.4 is 4.74 Å². The molecule has 0 saturated heterocycles. The zero-order valence-corrected chi connectivity index (χ0v) is 12.2. The molecule has 0 spiro atoms. The molecule has 0 aromatic heterocycles. The van der Waals surface area contributed by atoms with Crippen LogP contribution >= 0.6 is 31.9 Å². The Bertz CT molecular complexity index is 566. The van der Waals surface area contributed by atoms with Gasteiger partial charge < -0.3 is 4.74 Å². The number of benzene rings is 2. The van der Waals surface area contributed by atoms with Gasteiger partial charge in [0.25, 0.3) is 0 Å². The molecule has 1 aliphatic rings. The van der Waals surface area contributed by atoms with Crippen molar-refractivity contribution >= 4 is 31.9 Å². The lowest BCUT2D eigenvalue weighted by molar-refractivity contribution is 0.307. The number of halogens is 2. The molecule has 0 bridgehead atoms. The van der Waals surface area contributed by atoms with Crippen LogP contribution in [0.4, 0.5) is 0 Å². The number of ether oxygens (including phenoxy) is 1. The summed E-state index contributed by atoms with van der Waals surface area (Å²) >= 11 is 7.28. The zero-order valence-electron chi connectivity index (χ0n) is 8.99. The normalized spacial score (nSPS) is 17.6. The second-order valence-electron chi connectivity index (χ2n) is 4.03. The first-order valence-corrected chi connectivity index (χ1v) is 7.10. The highest BCUT2D eigenvalue weighted by Crippen LogP contribution is 2.41. The molecule has 1 atom stereocenters. The van der Waals surface area contributed by atoms with Crippen molar-refractivity contribution in [3.8, 4) is 5.75 Å². The fraction of sp³-hybridized carbons (Fsp3) is 0.143. The molecule has 3 heteroatoms. The molecule has 2 aromatic carbocycles. The van der Waals surface area contributed by atoms with Gasteiger partial charge in [-0.2, -0.15) is 0 Å². The summed E-state index contributed by atoms with van der Waals surface area (Å²) in [6.45, 7) is 0.632. The maximum absolute atomic E-state index is 5.85. The molecular formula is C14H10Br2O. The molecule has 1 heterocycles. The lowest BCUT2D eigenvalue weighted by atomic mass is 10.0. The highest BCUT2D eigenvalue weighted by atomic mass is 79.9. The number of rotatable bonds is 0. The van der Waals surface area contributed by atoms with Crippen molar-refractivity contribution in [2.75, 3.05) is 0 Å². The summed E-state index contributed by atoms with van der Waals surface area (Å²) in [4.78, 5) is 0.189. The van der Waals surface area contributed by atoms with E-state index in [0.717, 1.165) is 10.2 Å². The summed E-state index contributed by atoms with van der Waals surface area (Å²) in [6.07, 6.45) is 0. The average Bonchev–Trinajstić information content (AvgIpc) is 2.49. The van der Waals surface area contributed by atoms with E-state index in [2.05, 4.69) is 56.1 Å². The maximum Gasteiger partial charge on any atom is 0.124 e. The van der Waals surface area contributed by atoms with Crippen molar-refractivity contribution < 1.29 is 4.74 Å². The van der Waals surface area contributed by atoms with Gasteiger partial charge in [0.05, 0.1) is 4.83 Å². The van der Waals surface area contributed by atoms with Crippen molar-refractivity contribution in [2.24, 2.45) is 0 Å². The van der Waals surface area contributed by atoms with Crippen molar-refractivity contribution in [3.05, 3.63) is 63.6 Å². The summed E-state index contributed by atoms with van der Waals surface area (Å²) in [7, 11) is 0. The molecule has 0 aliphatic carbocycles. The van der Waals surface area contributed by atoms with Gasteiger partial charge in [0.1, 0.15) is 12.4 Å². The third kappa shape index (κ3) is 2.02. The summed E-state index contributed by atoms with van der Waals surface area (Å²) in [5, 5.41) is 0. The first kappa shape index (κ1) is 11.3. The molecule has 3 rings (SSSR count). The van der Waals surface area contributed by atoms with E-state index < -0.39 is 0 Å². The van der Waals surface area contributed by atoms with Gasteiger partial charge in [0.15, 0.2) is 0 Å².